The molecular formula is C24H29N3O2. The zero-order chi connectivity index (χ0) is 20.2. The molecule has 0 aliphatic carbocycles. The summed E-state index contributed by atoms with van der Waals surface area (Å²) in [4.78, 5) is 31.7. The fourth-order valence-electron chi connectivity index (χ4n) is 4.31. The van der Waals surface area contributed by atoms with Crippen molar-refractivity contribution in [3.05, 3.63) is 71.3 Å². The molecular weight excluding hydrogens is 362 g/mol. The van der Waals surface area contributed by atoms with E-state index < -0.39 is 0 Å². The van der Waals surface area contributed by atoms with E-state index in [9.17, 15) is 9.59 Å². The van der Waals surface area contributed by atoms with Gasteiger partial charge >= 0.3 is 0 Å². The molecule has 0 radical (unpaired) electrons. The molecule has 1 atom stereocenters. The maximum Gasteiger partial charge on any atom is 0.228 e. The van der Waals surface area contributed by atoms with Gasteiger partial charge in [-0.25, -0.2) is 0 Å². The summed E-state index contributed by atoms with van der Waals surface area (Å²) < 4.78 is 0. The number of amides is 2. The molecule has 0 bridgehead atoms. The van der Waals surface area contributed by atoms with E-state index >= 15 is 0 Å². The van der Waals surface area contributed by atoms with Crippen molar-refractivity contribution in [2.75, 3.05) is 32.7 Å². The van der Waals surface area contributed by atoms with Crippen LogP contribution in [0, 0.1) is 12.8 Å². The number of carbonyl (C=O) groups excluding carboxylic acids is 2. The van der Waals surface area contributed by atoms with Crippen molar-refractivity contribution in [3.63, 3.8) is 0 Å². The molecule has 2 saturated heterocycles. The Balaban J connectivity index is 1.29. The van der Waals surface area contributed by atoms with E-state index in [1.165, 1.54) is 11.1 Å². The Bertz CT molecular complexity index is 859. The minimum atomic E-state index is -0.202. The second-order valence-corrected chi connectivity index (χ2v) is 8.19. The molecule has 2 aliphatic rings. The predicted molar refractivity (Wildman–Crippen MR) is 113 cm³/mol. The van der Waals surface area contributed by atoms with Gasteiger partial charge in [0.2, 0.25) is 11.8 Å². The van der Waals surface area contributed by atoms with Crippen LogP contribution in [0.2, 0.25) is 0 Å². The highest BCUT2D eigenvalue weighted by atomic mass is 16.2. The van der Waals surface area contributed by atoms with Crippen LogP contribution in [0.1, 0.15) is 23.1 Å². The average molecular weight is 392 g/mol. The monoisotopic (exact) mass is 391 g/mol. The van der Waals surface area contributed by atoms with Crippen LogP contribution in [0.15, 0.2) is 54.6 Å². The third-order valence-corrected chi connectivity index (χ3v) is 6.12. The van der Waals surface area contributed by atoms with Crippen molar-refractivity contribution < 1.29 is 9.59 Å². The van der Waals surface area contributed by atoms with Gasteiger partial charge in [-0.15, -0.1) is 0 Å². The standard InChI is InChI=1S/C24H29N3O2/c1-19-7-5-6-10-21(19)17-27-18-22(15-23(27)28)24(29)26-13-11-25(12-14-26)16-20-8-3-2-4-9-20/h2-10,22H,11-18H2,1H3. The fraction of sp³-hybridized carbons (Fsp3) is 0.417. The van der Waals surface area contributed by atoms with Gasteiger partial charge in [-0.05, 0) is 23.6 Å². The molecule has 2 fully saturated rings. The summed E-state index contributed by atoms with van der Waals surface area (Å²) in [6, 6.07) is 18.6. The van der Waals surface area contributed by atoms with Crippen molar-refractivity contribution in [3.8, 4) is 0 Å². The molecule has 2 amide bonds. The zero-order valence-corrected chi connectivity index (χ0v) is 17.1. The van der Waals surface area contributed by atoms with Crippen LogP contribution in [0.25, 0.3) is 0 Å². The van der Waals surface area contributed by atoms with Crippen LogP contribution >= 0.6 is 0 Å². The molecule has 2 aliphatic heterocycles. The first kappa shape index (κ1) is 19.6. The molecule has 29 heavy (non-hydrogen) atoms. The average Bonchev–Trinajstić information content (AvgIpc) is 3.11. The minimum Gasteiger partial charge on any atom is -0.340 e. The third-order valence-electron chi connectivity index (χ3n) is 6.12. The summed E-state index contributed by atoms with van der Waals surface area (Å²) in [7, 11) is 0. The number of likely N-dealkylation sites (tertiary alicyclic amines) is 1. The van der Waals surface area contributed by atoms with E-state index in [0.717, 1.165) is 38.3 Å². The quantitative estimate of drug-likeness (QED) is 0.787. The van der Waals surface area contributed by atoms with Crippen molar-refractivity contribution >= 4 is 11.8 Å². The Labute approximate surface area is 172 Å². The van der Waals surface area contributed by atoms with E-state index in [1.54, 1.807) is 0 Å². The molecule has 0 saturated carbocycles. The van der Waals surface area contributed by atoms with Crippen molar-refractivity contribution in [1.82, 2.24) is 14.7 Å². The zero-order valence-electron chi connectivity index (χ0n) is 17.1. The first-order valence-corrected chi connectivity index (χ1v) is 10.5. The summed E-state index contributed by atoms with van der Waals surface area (Å²) in [6.45, 7) is 7.38. The van der Waals surface area contributed by atoms with E-state index in [-0.39, 0.29) is 17.7 Å². The second-order valence-electron chi connectivity index (χ2n) is 8.19. The van der Waals surface area contributed by atoms with Gasteiger partial charge in [-0.1, -0.05) is 54.6 Å². The van der Waals surface area contributed by atoms with Crippen molar-refractivity contribution in [1.29, 1.82) is 0 Å². The van der Waals surface area contributed by atoms with Crippen molar-refractivity contribution in [2.45, 2.75) is 26.4 Å². The molecule has 2 heterocycles. The smallest absolute Gasteiger partial charge is 0.228 e. The minimum absolute atomic E-state index is 0.0920. The number of carbonyl (C=O) groups is 2. The Morgan fingerprint density at radius 1 is 0.931 bits per heavy atom. The lowest BCUT2D eigenvalue weighted by atomic mass is 10.1. The van der Waals surface area contributed by atoms with Gasteiger partial charge in [-0.2, -0.15) is 0 Å². The van der Waals surface area contributed by atoms with Crippen LogP contribution in [-0.4, -0.2) is 59.2 Å². The molecule has 152 valence electrons. The summed E-state index contributed by atoms with van der Waals surface area (Å²) in [5, 5.41) is 0. The highest BCUT2D eigenvalue weighted by Gasteiger charge is 2.37. The van der Waals surface area contributed by atoms with Crippen LogP contribution < -0.4 is 0 Å². The maximum atomic E-state index is 13.0. The van der Waals surface area contributed by atoms with Gasteiger partial charge in [0.15, 0.2) is 0 Å². The van der Waals surface area contributed by atoms with Crippen LogP contribution in [0.4, 0.5) is 0 Å². The first-order valence-electron chi connectivity index (χ1n) is 10.5. The van der Waals surface area contributed by atoms with Gasteiger partial charge in [0.05, 0.1) is 5.92 Å². The van der Waals surface area contributed by atoms with Gasteiger partial charge in [-0.3, -0.25) is 14.5 Å². The molecule has 5 nitrogen and oxygen atoms in total. The molecule has 1 unspecified atom stereocenters. The summed E-state index contributed by atoms with van der Waals surface area (Å²) in [5.41, 5.74) is 3.65. The van der Waals surface area contributed by atoms with Crippen LogP contribution in [0.3, 0.4) is 0 Å². The lowest BCUT2D eigenvalue weighted by Crippen LogP contribution is -2.50. The molecule has 2 aromatic carbocycles. The largest absolute Gasteiger partial charge is 0.340 e. The molecule has 4 rings (SSSR count). The van der Waals surface area contributed by atoms with Crippen LogP contribution in [-0.2, 0) is 22.7 Å². The highest BCUT2D eigenvalue weighted by molar-refractivity contribution is 5.89. The van der Waals surface area contributed by atoms with Gasteiger partial charge in [0.1, 0.15) is 0 Å². The lowest BCUT2D eigenvalue weighted by Gasteiger charge is -2.36. The third kappa shape index (κ3) is 4.67. The Morgan fingerprint density at radius 2 is 1.62 bits per heavy atom. The summed E-state index contributed by atoms with van der Waals surface area (Å²) >= 11 is 0. The van der Waals surface area contributed by atoms with E-state index in [2.05, 4.69) is 48.2 Å². The number of hydrogen-bond acceptors (Lipinski definition) is 3. The van der Waals surface area contributed by atoms with Gasteiger partial charge < -0.3 is 9.80 Å². The van der Waals surface area contributed by atoms with E-state index in [1.807, 2.05) is 28.0 Å². The molecule has 2 aromatic rings. The number of hydrogen-bond donors (Lipinski definition) is 0. The topological polar surface area (TPSA) is 43.9 Å². The summed E-state index contributed by atoms with van der Waals surface area (Å²) in [5.74, 6) is 0.0338. The second kappa shape index (κ2) is 8.78. The predicted octanol–water partition coefficient (Wildman–Crippen LogP) is 2.69. The fourth-order valence-corrected chi connectivity index (χ4v) is 4.31. The Hall–Kier alpha value is -2.66. The van der Waals surface area contributed by atoms with Crippen LogP contribution in [0.5, 0.6) is 0 Å². The van der Waals surface area contributed by atoms with E-state index in [4.69, 9.17) is 0 Å². The Kier molecular flexibility index (Phi) is 5.95. The van der Waals surface area contributed by atoms with Gasteiger partial charge in [0, 0.05) is 52.2 Å². The molecule has 0 aromatic heterocycles. The highest BCUT2D eigenvalue weighted by Crippen LogP contribution is 2.24. The molecule has 5 heteroatoms. The maximum absolute atomic E-state index is 13.0. The normalized spacial score (nSPS) is 20.3. The number of piperazine rings is 1. The van der Waals surface area contributed by atoms with Gasteiger partial charge in [0.25, 0.3) is 0 Å². The SMILES string of the molecule is Cc1ccccc1CN1CC(C(=O)N2CCN(Cc3ccccc3)CC2)CC1=O. The number of rotatable bonds is 5. The lowest BCUT2D eigenvalue weighted by molar-refractivity contribution is -0.137. The van der Waals surface area contributed by atoms with Crippen molar-refractivity contribution in [2.24, 2.45) is 5.92 Å². The number of nitrogens with zero attached hydrogens (tertiary/aromatic N) is 3. The number of aryl methyl sites for hydroxylation is 1. The molecule has 0 N–H and O–H groups in total. The molecule has 0 spiro atoms. The number of benzene rings is 2. The Morgan fingerprint density at radius 3 is 2.34 bits per heavy atom. The summed E-state index contributed by atoms with van der Waals surface area (Å²) in [6.07, 6.45) is 0.342. The van der Waals surface area contributed by atoms with E-state index in [0.29, 0.717) is 19.5 Å². The first-order chi connectivity index (χ1) is 14.1.